The molecule has 0 aromatic heterocycles. The van der Waals surface area contributed by atoms with E-state index in [0.717, 1.165) is 18.6 Å². The van der Waals surface area contributed by atoms with Gasteiger partial charge in [-0.1, -0.05) is 32.4 Å². The molecular formula is C20H32O2Si. The first-order valence-corrected chi connectivity index (χ1v) is 11.6. The molecule has 0 spiro atoms. The van der Waals surface area contributed by atoms with Crippen LogP contribution in [0.2, 0.25) is 18.1 Å². The van der Waals surface area contributed by atoms with Gasteiger partial charge in [0, 0.05) is 0 Å². The summed E-state index contributed by atoms with van der Waals surface area (Å²) in [5, 5.41) is 0.253. The van der Waals surface area contributed by atoms with Crippen LogP contribution in [0.25, 0.3) is 0 Å². The molecule has 0 saturated carbocycles. The average molecular weight is 333 g/mol. The van der Waals surface area contributed by atoms with Crippen LogP contribution in [0.5, 0.6) is 5.75 Å². The highest BCUT2D eigenvalue weighted by atomic mass is 28.4. The minimum atomic E-state index is -1.72. The molecule has 1 unspecified atom stereocenters. The lowest BCUT2D eigenvalue weighted by molar-refractivity contribution is 0.185. The van der Waals surface area contributed by atoms with Gasteiger partial charge in [-0.25, -0.2) is 0 Å². The van der Waals surface area contributed by atoms with Gasteiger partial charge in [0.15, 0.2) is 8.32 Å². The van der Waals surface area contributed by atoms with Crippen LogP contribution in [-0.4, -0.2) is 14.9 Å². The molecule has 0 N–H and O–H groups in total. The SMILES string of the molecule is CC(C)=CCOc1ccc2c(c1)CCC2O[Si](C)(C)C(C)(C)C. The first kappa shape index (κ1) is 18.3. The van der Waals surface area contributed by atoms with Gasteiger partial charge >= 0.3 is 0 Å². The number of fused-ring (bicyclic) bond motifs is 1. The highest BCUT2D eigenvalue weighted by Crippen LogP contribution is 2.44. The maximum Gasteiger partial charge on any atom is 0.192 e. The molecule has 0 bridgehead atoms. The fourth-order valence-electron chi connectivity index (χ4n) is 2.60. The van der Waals surface area contributed by atoms with E-state index >= 15 is 0 Å². The van der Waals surface area contributed by atoms with Crippen LogP contribution >= 0.6 is 0 Å². The molecule has 2 rings (SSSR count). The van der Waals surface area contributed by atoms with E-state index in [2.05, 4.69) is 72.0 Å². The van der Waals surface area contributed by atoms with Gasteiger partial charge < -0.3 is 9.16 Å². The molecular weight excluding hydrogens is 300 g/mol. The minimum absolute atomic E-state index is 0.253. The highest BCUT2D eigenvalue weighted by molar-refractivity contribution is 6.74. The molecule has 0 heterocycles. The number of rotatable bonds is 5. The van der Waals surface area contributed by atoms with Gasteiger partial charge in [0.25, 0.3) is 0 Å². The van der Waals surface area contributed by atoms with Crippen LogP contribution in [-0.2, 0) is 10.8 Å². The largest absolute Gasteiger partial charge is 0.490 e. The van der Waals surface area contributed by atoms with E-state index in [0.29, 0.717) is 6.61 Å². The molecule has 1 aliphatic rings. The fourth-order valence-corrected chi connectivity index (χ4v) is 3.91. The molecule has 0 saturated heterocycles. The Morgan fingerprint density at radius 1 is 1.26 bits per heavy atom. The Kier molecular flexibility index (Phi) is 5.42. The molecule has 1 aromatic rings. The molecule has 0 aliphatic heterocycles. The standard InChI is InChI=1S/C20H32O2Si/c1-15(2)12-13-21-17-9-10-18-16(14-17)8-11-19(18)22-23(6,7)20(3,4)5/h9-10,12,14,19H,8,11,13H2,1-7H3. The Bertz CT molecular complexity index is 578. The predicted octanol–water partition coefficient (Wildman–Crippen LogP) is 6.04. The number of hydrogen-bond donors (Lipinski definition) is 0. The van der Waals surface area contributed by atoms with Crippen molar-refractivity contribution in [1.29, 1.82) is 0 Å². The van der Waals surface area contributed by atoms with E-state index in [4.69, 9.17) is 9.16 Å². The van der Waals surface area contributed by atoms with Gasteiger partial charge in [-0.05, 0) is 74.2 Å². The Labute approximate surface area is 143 Å². The summed E-state index contributed by atoms with van der Waals surface area (Å²) in [6, 6.07) is 6.49. The summed E-state index contributed by atoms with van der Waals surface area (Å²) in [5.74, 6) is 0.967. The van der Waals surface area contributed by atoms with Crippen molar-refractivity contribution in [2.45, 2.75) is 71.7 Å². The molecule has 3 heteroatoms. The summed E-state index contributed by atoms with van der Waals surface area (Å²) >= 11 is 0. The van der Waals surface area contributed by atoms with E-state index in [-0.39, 0.29) is 11.1 Å². The van der Waals surface area contributed by atoms with E-state index in [1.165, 1.54) is 16.7 Å². The van der Waals surface area contributed by atoms with E-state index in [1.54, 1.807) is 0 Å². The molecule has 0 radical (unpaired) electrons. The summed E-state index contributed by atoms with van der Waals surface area (Å²) in [6.45, 7) is 16.4. The second kappa shape index (κ2) is 6.82. The number of hydrogen-bond acceptors (Lipinski definition) is 2. The smallest absolute Gasteiger partial charge is 0.192 e. The summed E-state index contributed by atoms with van der Waals surface area (Å²) in [6.07, 6.45) is 4.56. The Hall–Kier alpha value is -1.06. The number of benzene rings is 1. The third kappa shape index (κ3) is 4.48. The first-order valence-electron chi connectivity index (χ1n) is 8.67. The Morgan fingerprint density at radius 3 is 2.57 bits per heavy atom. The van der Waals surface area contributed by atoms with Gasteiger partial charge in [0.2, 0.25) is 0 Å². The molecule has 1 aliphatic carbocycles. The third-order valence-electron chi connectivity index (χ3n) is 5.12. The van der Waals surface area contributed by atoms with Crippen molar-refractivity contribution < 1.29 is 9.16 Å². The third-order valence-corrected chi connectivity index (χ3v) is 9.61. The van der Waals surface area contributed by atoms with Gasteiger partial charge in [0.05, 0.1) is 6.10 Å². The molecule has 128 valence electrons. The number of ether oxygens (including phenoxy) is 1. The summed E-state index contributed by atoms with van der Waals surface area (Å²) in [7, 11) is -1.72. The number of aryl methyl sites for hydroxylation is 1. The van der Waals surface area contributed by atoms with Crippen LogP contribution in [0, 0.1) is 0 Å². The zero-order chi connectivity index (χ0) is 17.3. The average Bonchev–Trinajstić information content (AvgIpc) is 2.79. The number of allylic oxidation sites excluding steroid dienone is 1. The zero-order valence-electron chi connectivity index (χ0n) is 15.8. The van der Waals surface area contributed by atoms with E-state index in [9.17, 15) is 0 Å². The second-order valence-corrected chi connectivity index (χ2v) is 13.1. The van der Waals surface area contributed by atoms with Crippen molar-refractivity contribution in [2.75, 3.05) is 6.61 Å². The lowest BCUT2D eigenvalue weighted by atomic mass is 10.1. The fraction of sp³-hybridized carbons (Fsp3) is 0.600. The second-order valence-electron chi connectivity index (χ2n) is 8.36. The Morgan fingerprint density at radius 2 is 1.96 bits per heavy atom. The van der Waals surface area contributed by atoms with E-state index in [1.807, 2.05) is 0 Å². The van der Waals surface area contributed by atoms with Crippen LogP contribution < -0.4 is 4.74 Å². The molecule has 1 aromatic carbocycles. The summed E-state index contributed by atoms with van der Waals surface area (Å²) in [4.78, 5) is 0. The lowest BCUT2D eigenvalue weighted by Crippen LogP contribution is -2.41. The molecule has 2 nitrogen and oxygen atoms in total. The van der Waals surface area contributed by atoms with Crippen molar-refractivity contribution in [3.8, 4) is 5.75 Å². The van der Waals surface area contributed by atoms with Crippen molar-refractivity contribution in [1.82, 2.24) is 0 Å². The monoisotopic (exact) mass is 332 g/mol. The maximum atomic E-state index is 6.63. The van der Waals surface area contributed by atoms with Gasteiger partial charge in [-0.15, -0.1) is 0 Å². The van der Waals surface area contributed by atoms with Gasteiger partial charge in [0.1, 0.15) is 12.4 Å². The van der Waals surface area contributed by atoms with Gasteiger partial charge in [-0.2, -0.15) is 0 Å². The molecule has 0 amide bonds. The van der Waals surface area contributed by atoms with Crippen molar-refractivity contribution >= 4 is 8.32 Å². The van der Waals surface area contributed by atoms with Crippen LogP contribution in [0.4, 0.5) is 0 Å². The highest BCUT2D eigenvalue weighted by Gasteiger charge is 2.40. The molecule has 1 atom stereocenters. The van der Waals surface area contributed by atoms with E-state index < -0.39 is 8.32 Å². The first-order chi connectivity index (χ1) is 10.6. The quantitative estimate of drug-likeness (QED) is 0.483. The van der Waals surface area contributed by atoms with Gasteiger partial charge in [-0.3, -0.25) is 0 Å². The summed E-state index contributed by atoms with van der Waals surface area (Å²) in [5.41, 5.74) is 4.04. The lowest BCUT2D eigenvalue weighted by Gasteiger charge is -2.38. The molecule has 23 heavy (non-hydrogen) atoms. The normalized spacial score (nSPS) is 17.8. The predicted molar refractivity (Wildman–Crippen MR) is 101 cm³/mol. The van der Waals surface area contributed by atoms with Crippen molar-refractivity contribution in [3.05, 3.63) is 41.0 Å². The maximum absolute atomic E-state index is 6.63. The van der Waals surface area contributed by atoms with Crippen LogP contribution in [0.3, 0.4) is 0 Å². The van der Waals surface area contributed by atoms with Crippen molar-refractivity contribution in [3.63, 3.8) is 0 Å². The topological polar surface area (TPSA) is 18.5 Å². The van der Waals surface area contributed by atoms with Crippen LogP contribution in [0.1, 0.15) is 58.3 Å². The van der Waals surface area contributed by atoms with Crippen LogP contribution in [0.15, 0.2) is 29.8 Å². The molecule has 0 fully saturated rings. The minimum Gasteiger partial charge on any atom is -0.490 e. The Balaban J connectivity index is 2.08. The zero-order valence-corrected chi connectivity index (χ0v) is 16.8. The van der Waals surface area contributed by atoms with Crippen molar-refractivity contribution in [2.24, 2.45) is 0 Å². The summed E-state index contributed by atoms with van der Waals surface area (Å²) < 4.78 is 12.5.